The van der Waals surface area contributed by atoms with Gasteiger partial charge in [0.05, 0.1) is 17.0 Å². The van der Waals surface area contributed by atoms with Gasteiger partial charge in [0, 0.05) is 18.8 Å². The fourth-order valence-corrected chi connectivity index (χ4v) is 2.73. The van der Waals surface area contributed by atoms with Crippen molar-refractivity contribution in [2.45, 2.75) is 19.9 Å². The van der Waals surface area contributed by atoms with Crippen LogP contribution in [0.25, 0.3) is 10.2 Å². The molecule has 0 fully saturated rings. The maximum atomic E-state index is 12.1. The van der Waals surface area contributed by atoms with E-state index in [-0.39, 0.29) is 11.9 Å². The van der Waals surface area contributed by atoms with Crippen molar-refractivity contribution in [1.82, 2.24) is 10.3 Å². The maximum absolute atomic E-state index is 12.1. The first kappa shape index (κ1) is 13.8. The summed E-state index contributed by atoms with van der Waals surface area (Å²) in [4.78, 5) is 16.8. The highest BCUT2D eigenvalue weighted by molar-refractivity contribution is 7.21. The molecule has 0 bridgehead atoms. The van der Waals surface area contributed by atoms with Gasteiger partial charge in [0.25, 0.3) is 5.91 Å². The first-order valence-electron chi connectivity index (χ1n) is 6.15. The molecule has 0 aliphatic rings. The number of anilines is 1. The Bertz CT molecular complexity index is 582. The molecule has 2 heterocycles. The smallest absolute Gasteiger partial charge is 0.263 e. The second-order valence-electron chi connectivity index (χ2n) is 4.23. The van der Waals surface area contributed by atoms with Crippen molar-refractivity contribution in [3.05, 3.63) is 23.2 Å². The summed E-state index contributed by atoms with van der Waals surface area (Å²) in [5.74, 6) is -0.173. The number of thiophene rings is 1. The Kier molecular flexibility index (Phi) is 4.34. The Morgan fingerprint density at radius 3 is 3.11 bits per heavy atom. The summed E-state index contributed by atoms with van der Waals surface area (Å²) in [6, 6.07) is 3.69. The van der Waals surface area contributed by atoms with Gasteiger partial charge in [-0.2, -0.15) is 0 Å². The van der Waals surface area contributed by atoms with Crippen molar-refractivity contribution >= 4 is 33.1 Å². The number of carbonyl (C=O) groups is 1. The van der Waals surface area contributed by atoms with Crippen LogP contribution in [-0.4, -0.2) is 30.1 Å². The molecule has 0 aliphatic heterocycles. The summed E-state index contributed by atoms with van der Waals surface area (Å²) in [5, 5.41) is 2.87. The molecule has 3 N–H and O–H groups in total. The largest absolute Gasteiger partial charge is 0.396 e. The number of fused-ring (bicyclic) bond motifs is 1. The van der Waals surface area contributed by atoms with E-state index in [1.807, 2.05) is 26.0 Å². The molecule has 0 saturated heterocycles. The topological polar surface area (TPSA) is 77.2 Å². The van der Waals surface area contributed by atoms with Crippen LogP contribution in [-0.2, 0) is 4.74 Å². The van der Waals surface area contributed by atoms with Gasteiger partial charge in [-0.15, -0.1) is 11.3 Å². The lowest BCUT2D eigenvalue weighted by Crippen LogP contribution is -2.35. The van der Waals surface area contributed by atoms with Gasteiger partial charge in [-0.05, 0) is 26.0 Å². The van der Waals surface area contributed by atoms with Crippen molar-refractivity contribution in [2.24, 2.45) is 0 Å². The summed E-state index contributed by atoms with van der Waals surface area (Å²) in [6.07, 6.45) is 1.67. The van der Waals surface area contributed by atoms with Crippen LogP contribution in [0.5, 0.6) is 0 Å². The van der Waals surface area contributed by atoms with Gasteiger partial charge < -0.3 is 15.8 Å². The second-order valence-corrected chi connectivity index (χ2v) is 5.28. The van der Waals surface area contributed by atoms with Crippen molar-refractivity contribution in [2.75, 3.05) is 18.9 Å². The van der Waals surface area contributed by atoms with E-state index in [1.165, 1.54) is 11.3 Å². The Labute approximate surface area is 115 Å². The first-order valence-corrected chi connectivity index (χ1v) is 6.96. The number of pyridine rings is 1. The van der Waals surface area contributed by atoms with Crippen molar-refractivity contribution in [1.29, 1.82) is 0 Å². The summed E-state index contributed by atoms with van der Waals surface area (Å²) in [5.41, 5.74) is 7.11. The highest BCUT2D eigenvalue weighted by atomic mass is 32.1. The number of hydrogen-bond donors (Lipinski definition) is 2. The zero-order chi connectivity index (χ0) is 13.8. The molecular weight excluding hydrogens is 262 g/mol. The Morgan fingerprint density at radius 2 is 2.42 bits per heavy atom. The molecule has 1 amide bonds. The van der Waals surface area contributed by atoms with Crippen LogP contribution in [0, 0.1) is 0 Å². The highest BCUT2D eigenvalue weighted by Gasteiger charge is 2.18. The van der Waals surface area contributed by atoms with Crippen LogP contribution in [0.2, 0.25) is 0 Å². The highest BCUT2D eigenvalue weighted by Crippen LogP contribution is 2.31. The normalized spacial score (nSPS) is 12.5. The molecule has 2 rings (SSSR count). The summed E-state index contributed by atoms with van der Waals surface area (Å²) >= 11 is 1.36. The lowest BCUT2D eigenvalue weighted by molar-refractivity contribution is 0.0876. The van der Waals surface area contributed by atoms with E-state index in [9.17, 15) is 4.79 Å². The molecule has 2 aromatic heterocycles. The molecule has 0 aliphatic carbocycles. The van der Waals surface area contributed by atoms with E-state index in [0.29, 0.717) is 29.3 Å². The fraction of sp³-hybridized carbons (Fsp3) is 0.385. The standard InChI is InChI=1S/C13H17N3O2S/c1-3-18-7-8(2)16-13(17)12-10(14)11-9(19-12)5-4-6-15-11/h4-6,8H,3,7,14H2,1-2H3,(H,16,17). The lowest BCUT2D eigenvalue weighted by atomic mass is 10.3. The number of nitrogens with one attached hydrogen (secondary N) is 1. The van der Waals surface area contributed by atoms with E-state index in [2.05, 4.69) is 10.3 Å². The second kappa shape index (κ2) is 5.99. The number of amides is 1. The summed E-state index contributed by atoms with van der Waals surface area (Å²) in [7, 11) is 0. The van der Waals surface area contributed by atoms with E-state index in [0.717, 1.165) is 4.70 Å². The van der Waals surface area contributed by atoms with E-state index >= 15 is 0 Å². The number of nitrogens with zero attached hydrogens (tertiary/aromatic N) is 1. The minimum Gasteiger partial charge on any atom is -0.396 e. The Hall–Kier alpha value is -1.66. The molecule has 5 nitrogen and oxygen atoms in total. The number of hydrogen-bond acceptors (Lipinski definition) is 5. The van der Waals surface area contributed by atoms with Crippen LogP contribution >= 0.6 is 11.3 Å². The van der Waals surface area contributed by atoms with Gasteiger partial charge >= 0.3 is 0 Å². The molecule has 0 radical (unpaired) electrons. The van der Waals surface area contributed by atoms with Crippen LogP contribution in [0.1, 0.15) is 23.5 Å². The zero-order valence-electron chi connectivity index (χ0n) is 11.0. The third kappa shape index (κ3) is 3.02. The van der Waals surface area contributed by atoms with Crippen molar-refractivity contribution < 1.29 is 9.53 Å². The number of carbonyl (C=O) groups excluding carboxylic acids is 1. The number of aromatic nitrogens is 1. The molecule has 1 atom stereocenters. The fourth-order valence-electron chi connectivity index (χ4n) is 1.74. The Morgan fingerprint density at radius 1 is 1.63 bits per heavy atom. The molecule has 1 unspecified atom stereocenters. The molecule has 102 valence electrons. The van der Waals surface area contributed by atoms with Crippen LogP contribution < -0.4 is 11.1 Å². The summed E-state index contributed by atoms with van der Waals surface area (Å²) in [6.45, 7) is 4.94. The number of ether oxygens (including phenoxy) is 1. The number of nitrogens with two attached hydrogens (primary N) is 1. The van der Waals surface area contributed by atoms with Crippen molar-refractivity contribution in [3.63, 3.8) is 0 Å². The van der Waals surface area contributed by atoms with Crippen LogP contribution in [0.4, 0.5) is 5.69 Å². The maximum Gasteiger partial charge on any atom is 0.263 e. The van der Waals surface area contributed by atoms with Gasteiger partial charge in [-0.3, -0.25) is 9.78 Å². The third-order valence-electron chi connectivity index (χ3n) is 2.64. The predicted octanol–water partition coefficient (Wildman–Crippen LogP) is 2.03. The quantitative estimate of drug-likeness (QED) is 0.878. The van der Waals surface area contributed by atoms with Gasteiger partial charge in [0.15, 0.2) is 0 Å². The predicted molar refractivity (Wildman–Crippen MR) is 77.5 cm³/mol. The minimum absolute atomic E-state index is 0.0509. The molecule has 0 spiro atoms. The summed E-state index contributed by atoms with van der Waals surface area (Å²) < 4.78 is 6.19. The van der Waals surface area contributed by atoms with Gasteiger partial charge in [0.1, 0.15) is 10.4 Å². The van der Waals surface area contributed by atoms with Crippen LogP contribution in [0.15, 0.2) is 18.3 Å². The van der Waals surface area contributed by atoms with Gasteiger partial charge in [-0.25, -0.2) is 0 Å². The van der Waals surface area contributed by atoms with E-state index in [1.54, 1.807) is 6.20 Å². The third-order valence-corrected chi connectivity index (χ3v) is 3.80. The van der Waals surface area contributed by atoms with Crippen LogP contribution in [0.3, 0.4) is 0 Å². The van der Waals surface area contributed by atoms with Crippen molar-refractivity contribution in [3.8, 4) is 0 Å². The molecule has 6 heteroatoms. The SMILES string of the molecule is CCOCC(C)NC(=O)c1sc2cccnc2c1N. The van der Waals surface area contributed by atoms with E-state index < -0.39 is 0 Å². The Balaban J connectivity index is 2.15. The minimum atomic E-state index is -0.173. The molecular formula is C13H17N3O2S. The lowest BCUT2D eigenvalue weighted by Gasteiger charge is -2.12. The average Bonchev–Trinajstić information content (AvgIpc) is 2.74. The van der Waals surface area contributed by atoms with Gasteiger partial charge in [-0.1, -0.05) is 0 Å². The number of nitrogen functional groups attached to an aromatic ring is 1. The zero-order valence-corrected chi connectivity index (χ0v) is 11.8. The first-order chi connectivity index (χ1) is 9.13. The molecule has 19 heavy (non-hydrogen) atoms. The molecule has 2 aromatic rings. The molecule has 0 aromatic carbocycles. The average molecular weight is 279 g/mol. The molecule has 0 saturated carbocycles. The number of rotatable bonds is 5. The monoisotopic (exact) mass is 279 g/mol. The van der Waals surface area contributed by atoms with Gasteiger partial charge in [0.2, 0.25) is 0 Å². The van der Waals surface area contributed by atoms with E-state index in [4.69, 9.17) is 10.5 Å².